The Labute approximate surface area is 67.3 Å². The van der Waals surface area contributed by atoms with E-state index >= 15 is 0 Å². The molecule has 0 unspecified atom stereocenters. The van der Waals surface area contributed by atoms with E-state index in [1.165, 1.54) is 0 Å². The predicted octanol–water partition coefficient (Wildman–Crippen LogP) is -0.179. The average Bonchev–Trinajstić information content (AvgIpc) is 2.01. The van der Waals surface area contributed by atoms with Gasteiger partial charge < -0.3 is 11.1 Å². The van der Waals surface area contributed by atoms with Gasteiger partial charge in [0, 0.05) is 25.9 Å². The third-order valence-electron chi connectivity index (χ3n) is 1.17. The molecule has 11 heavy (non-hydrogen) atoms. The minimum Gasteiger partial charge on any atom is -0.355 e. The Balaban J connectivity index is 3.17. The highest BCUT2D eigenvalue weighted by Crippen LogP contribution is 1.92. The van der Waals surface area contributed by atoms with Crippen molar-refractivity contribution in [2.24, 2.45) is 5.73 Å². The molecule has 0 rings (SSSR count). The second-order valence-electron chi connectivity index (χ2n) is 2.17. The molecular formula is C8H13N2O. The molecule has 3 N–H and O–H groups in total. The average molecular weight is 153 g/mol. The van der Waals surface area contributed by atoms with Crippen LogP contribution in [0.1, 0.15) is 19.3 Å². The quantitative estimate of drug-likeness (QED) is 0.425. The third kappa shape index (κ3) is 6.88. The SMILES string of the molecule is [C]#CCCCC(=O)NCCN. The van der Waals surface area contributed by atoms with Crippen LogP contribution in [0.25, 0.3) is 0 Å². The minimum absolute atomic E-state index is 0.00528. The lowest BCUT2D eigenvalue weighted by molar-refractivity contribution is -0.121. The van der Waals surface area contributed by atoms with Crippen LogP contribution in [-0.2, 0) is 4.79 Å². The van der Waals surface area contributed by atoms with Crippen LogP contribution in [0.15, 0.2) is 0 Å². The Morgan fingerprint density at radius 3 is 2.91 bits per heavy atom. The maximum Gasteiger partial charge on any atom is 0.220 e. The van der Waals surface area contributed by atoms with Crippen molar-refractivity contribution in [2.75, 3.05) is 13.1 Å². The molecule has 0 aromatic rings. The minimum atomic E-state index is 0.00528. The van der Waals surface area contributed by atoms with E-state index in [1.807, 2.05) is 0 Å². The van der Waals surface area contributed by atoms with E-state index in [-0.39, 0.29) is 5.91 Å². The predicted molar refractivity (Wildman–Crippen MR) is 43.0 cm³/mol. The highest BCUT2D eigenvalue weighted by Gasteiger charge is 1.97. The first-order valence-electron chi connectivity index (χ1n) is 3.67. The molecule has 0 bridgehead atoms. The standard InChI is InChI=1S/C8H13N2O/c1-2-3-4-5-8(11)10-7-6-9/h3-7,9H2,(H,10,11). The molecule has 1 radical (unpaired) electrons. The molecule has 0 saturated heterocycles. The van der Waals surface area contributed by atoms with Gasteiger partial charge in [0.05, 0.1) is 0 Å². The van der Waals surface area contributed by atoms with E-state index in [2.05, 4.69) is 11.2 Å². The second-order valence-corrected chi connectivity index (χ2v) is 2.17. The van der Waals surface area contributed by atoms with Crippen molar-refractivity contribution in [3.05, 3.63) is 6.42 Å². The van der Waals surface area contributed by atoms with Crippen molar-refractivity contribution >= 4 is 5.91 Å². The molecule has 0 aromatic carbocycles. The number of carbonyl (C=O) groups is 1. The van der Waals surface area contributed by atoms with E-state index in [0.29, 0.717) is 32.4 Å². The van der Waals surface area contributed by atoms with E-state index < -0.39 is 0 Å². The van der Waals surface area contributed by atoms with Crippen molar-refractivity contribution in [2.45, 2.75) is 19.3 Å². The number of amides is 1. The molecule has 0 spiro atoms. The summed E-state index contributed by atoms with van der Waals surface area (Å²) in [6, 6.07) is 0. The molecule has 1 amide bonds. The van der Waals surface area contributed by atoms with Crippen molar-refractivity contribution in [3.63, 3.8) is 0 Å². The monoisotopic (exact) mass is 153 g/mol. The number of hydrogen-bond donors (Lipinski definition) is 2. The zero-order valence-electron chi connectivity index (χ0n) is 6.52. The highest BCUT2D eigenvalue weighted by atomic mass is 16.1. The zero-order valence-corrected chi connectivity index (χ0v) is 6.52. The van der Waals surface area contributed by atoms with Crippen molar-refractivity contribution in [3.8, 4) is 5.92 Å². The molecule has 0 aromatic heterocycles. The first kappa shape index (κ1) is 9.99. The van der Waals surface area contributed by atoms with Crippen LogP contribution < -0.4 is 11.1 Å². The van der Waals surface area contributed by atoms with Gasteiger partial charge in [0.15, 0.2) is 0 Å². The van der Waals surface area contributed by atoms with Crippen molar-refractivity contribution in [1.29, 1.82) is 0 Å². The Morgan fingerprint density at radius 1 is 1.64 bits per heavy atom. The van der Waals surface area contributed by atoms with Gasteiger partial charge in [-0.2, -0.15) is 0 Å². The lowest BCUT2D eigenvalue weighted by atomic mass is 10.2. The number of hydrogen-bond acceptors (Lipinski definition) is 2. The Kier molecular flexibility index (Phi) is 6.45. The fourth-order valence-electron chi connectivity index (χ4n) is 0.637. The van der Waals surface area contributed by atoms with Crippen molar-refractivity contribution in [1.82, 2.24) is 5.32 Å². The van der Waals surface area contributed by atoms with Crippen LogP contribution in [0.2, 0.25) is 0 Å². The number of unbranched alkanes of at least 4 members (excludes halogenated alkanes) is 1. The van der Waals surface area contributed by atoms with Gasteiger partial charge >= 0.3 is 0 Å². The van der Waals surface area contributed by atoms with Crippen LogP contribution in [0, 0.1) is 12.3 Å². The summed E-state index contributed by atoms with van der Waals surface area (Å²) in [7, 11) is 0. The summed E-state index contributed by atoms with van der Waals surface area (Å²) in [6.45, 7) is 1.01. The van der Waals surface area contributed by atoms with E-state index in [1.54, 1.807) is 0 Å². The summed E-state index contributed by atoms with van der Waals surface area (Å²) in [5, 5.41) is 2.64. The van der Waals surface area contributed by atoms with Gasteiger partial charge in [-0.05, 0) is 12.8 Å². The Hall–Kier alpha value is -1.01. The van der Waals surface area contributed by atoms with Gasteiger partial charge in [0.1, 0.15) is 0 Å². The smallest absolute Gasteiger partial charge is 0.220 e. The second kappa shape index (κ2) is 7.10. The lowest BCUT2D eigenvalue weighted by Gasteiger charge is -2.00. The Morgan fingerprint density at radius 2 is 2.36 bits per heavy atom. The van der Waals surface area contributed by atoms with Gasteiger partial charge in [0.2, 0.25) is 5.91 Å². The van der Waals surface area contributed by atoms with Crippen molar-refractivity contribution < 1.29 is 4.79 Å². The third-order valence-corrected chi connectivity index (χ3v) is 1.17. The summed E-state index contributed by atoms with van der Waals surface area (Å²) in [5.74, 6) is 2.23. The number of nitrogens with two attached hydrogens (primary N) is 1. The largest absolute Gasteiger partial charge is 0.355 e. The van der Waals surface area contributed by atoms with Crippen LogP contribution in [0.4, 0.5) is 0 Å². The maximum absolute atomic E-state index is 10.8. The maximum atomic E-state index is 10.8. The molecular weight excluding hydrogens is 140 g/mol. The zero-order chi connectivity index (χ0) is 8.53. The molecule has 0 aliphatic rings. The van der Waals surface area contributed by atoms with Gasteiger partial charge in [-0.1, -0.05) is 5.92 Å². The van der Waals surface area contributed by atoms with E-state index in [9.17, 15) is 4.79 Å². The molecule has 3 heteroatoms. The number of carbonyl (C=O) groups excluding carboxylic acids is 1. The van der Waals surface area contributed by atoms with E-state index in [0.717, 1.165) is 0 Å². The van der Waals surface area contributed by atoms with Crippen LogP contribution >= 0.6 is 0 Å². The van der Waals surface area contributed by atoms with Crippen LogP contribution in [0.5, 0.6) is 0 Å². The molecule has 0 heterocycles. The molecule has 0 atom stereocenters. The van der Waals surface area contributed by atoms with Gasteiger partial charge in [0.25, 0.3) is 0 Å². The molecule has 3 nitrogen and oxygen atoms in total. The first-order chi connectivity index (χ1) is 5.31. The molecule has 0 saturated carbocycles. The summed E-state index contributed by atoms with van der Waals surface area (Å²) in [4.78, 5) is 10.8. The molecule has 0 fully saturated rings. The normalized spacial score (nSPS) is 8.73. The van der Waals surface area contributed by atoms with Crippen LogP contribution in [-0.4, -0.2) is 19.0 Å². The summed E-state index contributed by atoms with van der Waals surface area (Å²) in [6.07, 6.45) is 8.29. The van der Waals surface area contributed by atoms with E-state index in [4.69, 9.17) is 12.2 Å². The number of nitrogens with one attached hydrogen (secondary N) is 1. The number of rotatable bonds is 5. The van der Waals surface area contributed by atoms with Gasteiger partial charge in [-0.15, -0.1) is 0 Å². The van der Waals surface area contributed by atoms with Gasteiger partial charge in [-0.25, -0.2) is 0 Å². The fourth-order valence-corrected chi connectivity index (χ4v) is 0.637. The Bertz CT molecular complexity index is 149. The van der Waals surface area contributed by atoms with Crippen LogP contribution in [0.3, 0.4) is 0 Å². The molecule has 0 aliphatic heterocycles. The van der Waals surface area contributed by atoms with Gasteiger partial charge in [-0.3, -0.25) is 4.79 Å². The lowest BCUT2D eigenvalue weighted by Crippen LogP contribution is -2.28. The summed E-state index contributed by atoms with van der Waals surface area (Å²) < 4.78 is 0. The molecule has 0 aliphatic carbocycles. The fraction of sp³-hybridized carbons (Fsp3) is 0.625. The molecule has 61 valence electrons. The summed E-state index contributed by atoms with van der Waals surface area (Å²) >= 11 is 0. The summed E-state index contributed by atoms with van der Waals surface area (Å²) in [5.41, 5.74) is 5.17. The first-order valence-corrected chi connectivity index (χ1v) is 3.67. The topological polar surface area (TPSA) is 55.1 Å². The highest BCUT2D eigenvalue weighted by molar-refractivity contribution is 5.75.